The van der Waals surface area contributed by atoms with E-state index < -0.39 is 0 Å². The molecule has 0 saturated carbocycles. The molecule has 0 saturated heterocycles. The lowest BCUT2D eigenvalue weighted by Crippen LogP contribution is -2.35. The van der Waals surface area contributed by atoms with Crippen molar-refractivity contribution in [3.05, 3.63) is 11.9 Å². The maximum absolute atomic E-state index is 4.57. The summed E-state index contributed by atoms with van der Waals surface area (Å²) in [5.41, 5.74) is 0. The molecule has 5 heteroatoms. The van der Waals surface area contributed by atoms with Gasteiger partial charge in [-0.15, -0.1) is 0 Å². The normalized spacial score (nSPS) is 11.2. The highest BCUT2D eigenvalue weighted by Gasteiger charge is 2.12. The number of hydrogen-bond acceptors (Lipinski definition) is 5. The van der Waals surface area contributed by atoms with Gasteiger partial charge in [-0.05, 0) is 26.9 Å². The summed E-state index contributed by atoms with van der Waals surface area (Å²) < 4.78 is 0. The monoisotopic (exact) mass is 265 g/mol. The fourth-order valence-electron chi connectivity index (χ4n) is 1.90. The summed E-state index contributed by atoms with van der Waals surface area (Å²) in [4.78, 5) is 13.4. The fraction of sp³-hybridized carbons (Fsp3) is 0.714. The van der Waals surface area contributed by atoms with Crippen LogP contribution in [0.2, 0.25) is 0 Å². The number of aryl methyl sites for hydroxylation is 1. The van der Waals surface area contributed by atoms with Gasteiger partial charge < -0.3 is 15.1 Å². The Kier molecular flexibility index (Phi) is 6.02. The van der Waals surface area contributed by atoms with Gasteiger partial charge in [-0.1, -0.05) is 13.8 Å². The summed E-state index contributed by atoms with van der Waals surface area (Å²) in [5.74, 6) is 3.30. The van der Waals surface area contributed by atoms with E-state index in [2.05, 4.69) is 53.0 Å². The maximum Gasteiger partial charge on any atom is 0.134 e. The number of hydrogen-bond donors (Lipinski definition) is 1. The van der Waals surface area contributed by atoms with Crippen molar-refractivity contribution in [2.75, 3.05) is 51.0 Å². The Bertz CT molecular complexity index is 389. The number of aromatic nitrogens is 2. The quantitative estimate of drug-likeness (QED) is 0.815. The van der Waals surface area contributed by atoms with Crippen LogP contribution in [-0.2, 0) is 0 Å². The smallest absolute Gasteiger partial charge is 0.134 e. The number of rotatable bonds is 7. The van der Waals surface area contributed by atoms with Gasteiger partial charge in [-0.3, -0.25) is 0 Å². The van der Waals surface area contributed by atoms with E-state index in [0.29, 0.717) is 5.92 Å². The molecule has 1 heterocycles. The fourth-order valence-corrected chi connectivity index (χ4v) is 1.90. The van der Waals surface area contributed by atoms with E-state index in [1.165, 1.54) is 0 Å². The molecule has 108 valence electrons. The number of likely N-dealkylation sites (N-methyl/N-ethyl adjacent to an activating group) is 1. The zero-order chi connectivity index (χ0) is 14.4. The van der Waals surface area contributed by atoms with E-state index >= 15 is 0 Å². The van der Waals surface area contributed by atoms with Gasteiger partial charge in [-0.25, -0.2) is 9.97 Å². The van der Waals surface area contributed by atoms with Gasteiger partial charge in [0.05, 0.1) is 0 Å². The molecule has 1 aromatic rings. The highest BCUT2D eigenvalue weighted by atomic mass is 15.2. The van der Waals surface area contributed by atoms with Crippen LogP contribution in [0.25, 0.3) is 0 Å². The molecule has 0 amide bonds. The molecule has 19 heavy (non-hydrogen) atoms. The van der Waals surface area contributed by atoms with Crippen molar-refractivity contribution in [2.45, 2.75) is 20.8 Å². The summed E-state index contributed by atoms with van der Waals surface area (Å²) >= 11 is 0. The molecule has 0 aromatic carbocycles. The van der Waals surface area contributed by atoms with Crippen LogP contribution >= 0.6 is 0 Å². The summed E-state index contributed by atoms with van der Waals surface area (Å²) in [7, 11) is 6.08. The Hall–Kier alpha value is -1.36. The van der Waals surface area contributed by atoms with Crippen molar-refractivity contribution in [1.29, 1.82) is 0 Å². The number of nitrogens with one attached hydrogen (secondary N) is 1. The van der Waals surface area contributed by atoms with Gasteiger partial charge in [0.1, 0.15) is 17.5 Å². The van der Waals surface area contributed by atoms with Crippen LogP contribution in [0.4, 0.5) is 11.6 Å². The number of nitrogens with zero attached hydrogens (tertiary/aromatic N) is 4. The van der Waals surface area contributed by atoms with Crippen LogP contribution in [0, 0.1) is 12.8 Å². The van der Waals surface area contributed by atoms with Gasteiger partial charge in [0, 0.05) is 32.7 Å². The molecule has 0 bridgehead atoms. The Balaban J connectivity index is 2.91. The van der Waals surface area contributed by atoms with Gasteiger partial charge in [0.2, 0.25) is 0 Å². The summed E-state index contributed by atoms with van der Waals surface area (Å²) in [6.07, 6.45) is 0. The second-order valence-electron chi connectivity index (χ2n) is 5.55. The molecule has 0 aliphatic rings. The molecule has 1 N–H and O–H groups in total. The highest BCUT2D eigenvalue weighted by Crippen LogP contribution is 2.16. The predicted octanol–water partition coefficient (Wildman–Crippen LogP) is 1.85. The molecule has 0 aliphatic heterocycles. The third-order valence-electron chi connectivity index (χ3n) is 2.81. The first-order valence-corrected chi connectivity index (χ1v) is 6.85. The Morgan fingerprint density at radius 2 is 1.89 bits per heavy atom. The lowest BCUT2D eigenvalue weighted by Gasteiger charge is -2.27. The zero-order valence-electron chi connectivity index (χ0n) is 13.1. The first-order valence-electron chi connectivity index (χ1n) is 6.85. The summed E-state index contributed by atoms with van der Waals surface area (Å²) in [6, 6.07) is 2.02. The SMILES string of the molecule is CNc1cc(N(CCN(C)C)CC(C)C)nc(C)n1. The maximum atomic E-state index is 4.57. The first kappa shape index (κ1) is 15.7. The van der Waals surface area contributed by atoms with Gasteiger partial charge in [0.25, 0.3) is 0 Å². The molecule has 0 radical (unpaired) electrons. The molecule has 0 fully saturated rings. The van der Waals surface area contributed by atoms with Crippen molar-refractivity contribution < 1.29 is 0 Å². The molecule has 5 nitrogen and oxygen atoms in total. The molecule has 1 rings (SSSR count). The third-order valence-corrected chi connectivity index (χ3v) is 2.81. The van der Waals surface area contributed by atoms with Gasteiger partial charge in [-0.2, -0.15) is 0 Å². The second kappa shape index (κ2) is 7.28. The molecule has 0 unspecified atom stereocenters. The van der Waals surface area contributed by atoms with Crippen LogP contribution in [0.1, 0.15) is 19.7 Å². The first-order chi connectivity index (χ1) is 8.92. The van der Waals surface area contributed by atoms with Crippen molar-refractivity contribution in [3.8, 4) is 0 Å². The Labute approximate surface area is 117 Å². The van der Waals surface area contributed by atoms with E-state index in [0.717, 1.165) is 37.1 Å². The van der Waals surface area contributed by atoms with Crippen LogP contribution in [0.5, 0.6) is 0 Å². The molecule has 1 aromatic heterocycles. The van der Waals surface area contributed by atoms with Gasteiger partial charge in [0.15, 0.2) is 0 Å². The average molecular weight is 265 g/mol. The number of anilines is 2. The summed E-state index contributed by atoms with van der Waals surface area (Å²) in [5, 5.41) is 3.09. The molecule has 0 spiro atoms. The van der Waals surface area contributed by atoms with E-state index in [1.54, 1.807) is 0 Å². The minimum Gasteiger partial charge on any atom is -0.373 e. The third kappa shape index (κ3) is 5.42. The van der Waals surface area contributed by atoms with E-state index in [9.17, 15) is 0 Å². The Morgan fingerprint density at radius 3 is 2.42 bits per heavy atom. The minimum atomic E-state index is 0.607. The van der Waals surface area contributed by atoms with E-state index in [1.807, 2.05) is 20.0 Å². The highest BCUT2D eigenvalue weighted by molar-refractivity contribution is 5.49. The van der Waals surface area contributed by atoms with Crippen LogP contribution in [0.3, 0.4) is 0 Å². The Morgan fingerprint density at radius 1 is 1.21 bits per heavy atom. The zero-order valence-corrected chi connectivity index (χ0v) is 13.1. The molecular weight excluding hydrogens is 238 g/mol. The van der Waals surface area contributed by atoms with Crippen LogP contribution in [-0.4, -0.2) is 55.6 Å². The standard InChI is InChI=1S/C14H27N5/c1-11(2)10-19(8-7-18(5)6)14-9-13(15-4)16-12(3)17-14/h9,11H,7-8,10H2,1-6H3,(H,15,16,17). The minimum absolute atomic E-state index is 0.607. The van der Waals surface area contributed by atoms with Crippen LogP contribution in [0.15, 0.2) is 6.07 Å². The van der Waals surface area contributed by atoms with Crippen LogP contribution < -0.4 is 10.2 Å². The topological polar surface area (TPSA) is 44.3 Å². The lowest BCUT2D eigenvalue weighted by atomic mass is 10.2. The van der Waals surface area contributed by atoms with Crippen molar-refractivity contribution in [2.24, 2.45) is 5.92 Å². The van der Waals surface area contributed by atoms with E-state index in [4.69, 9.17) is 0 Å². The van der Waals surface area contributed by atoms with E-state index in [-0.39, 0.29) is 0 Å². The summed E-state index contributed by atoms with van der Waals surface area (Å²) in [6.45, 7) is 9.40. The van der Waals surface area contributed by atoms with Crippen molar-refractivity contribution in [3.63, 3.8) is 0 Å². The predicted molar refractivity (Wildman–Crippen MR) is 81.9 cm³/mol. The van der Waals surface area contributed by atoms with Crippen molar-refractivity contribution in [1.82, 2.24) is 14.9 Å². The van der Waals surface area contributed by atoms with Gasteiger partial charge >= 0.3 is 0 Å². The van der Waals surface area contributed by atoms with Crippen molar-refractivity contribution >= 4 is 11.6 Å². The molecule has 0 atom stereocenters. The molecule has 0 aliphatic carbocycles. The lowest BCUT2D eigenvalue weighted by molar-refractivity contribution is 0.408. The largest absolute Gasteiger partial charge is 0.373 e. The second-order valence-corrected chi connectivity index (χ2v) is 5.55. The average Bonchev–Trinajstić information content (AvgIpc) is 2.32. The molecular formula is C14H27N5.